The van der Waals surface area contributed by atoms with Crippen molar-refractivity contribution in [1.82, 2.24) is 10.6 Å². The number of aliphatic hydroxyl groups is 2. The number of carboxylic acid groups (broad SMARTS) is 1. The monoisotopic (exact) mass is 655 g/mol. The minimum atomic E-state index is -0.973. The average molecular weight is 655 g/mol. The van der Waals surface area contributed by atoms with Gasteiger partial charge in [0.15, 0.2) is 0 Å². The lowest BCUT2D eigenvalue weighted by Crippen LogP contribution is -2.61. The molecule has 0 aromatic rings. The van der Waals surface area contributed by atoms with Gasteiger partial charge >= 0.3 is 5.97 Å². The van der Waals surface area contributed by atoms with E-state index in [4.69, 9.17) is 9.84 Å². The van der Waals surface area contributed by atoms with Gasteiger partial charge in [-0.1, -0.05) is 137 Å². The van der Waals surface area contributed by atoms with Crippen LogP contribution >= 0.6 is 0 Å². The second-order valence-electron chi connectivity index (χ2n) is 14.5. The molecule has 0 radical (unpaired) electrons. The third-order valence-corrected chi connectivity index (χ3v) is 9.83. The van der Waals surface area contributed by atoms with Crippen LogP contribution in [-0.2, 0) is 14.3 Å². The number of ether oxygens (including phenoxy) is 1. The number of hydrogen-bond donors (Lipinski definition) is 5. The number of aliphatic hydroxyl groups excluding tert-OH is 2. The molecule has 7 unspecified atom stereocenters. The molecule has 2 heterocycles. The molecule has 0 aliphatic carbocycles. The smallest absolute Gasteiger partial charge is 0.303 e. The second-order valence-corrected chi connectivity index (χ2v) is 14.5. The van der Waals surface area contributed by atoms with E-state index >= 15 is 0 Å². The SMILES string of the molecule is CCCCCC1CNC(C(=O)NC(C(C)C)C2OC(CCC)CC(O)C2O)C1.CCCCCCCCCCCCCCCC(=O)O. The van der Waals surface area contributed by atoms with Gasteiger partial charge in [-0.05, 0) is 44.1 Å². The van der Waals surface area contributed by atoms with Crippen molar-refractivity contribution in [2.75, 3.05) is 6.54 Å². The zero-order valence-corrected chi connectivity index (χ0v) is 30.4. The summed E-state index contributed by atoms with van der Waals surface area (Å²) >= 11 is 0. The fourth-order valence-electron chi connectivity index (χ4n) is 6.89. The molecule has 7 atom stereocenters. The van der Waals surface area contributed by atoms with Gasteiger partial charge in [0.05, 0.1) is 24.3 Å². The number of amides is 1. The largest absolute Gasteiger partial charge is 0.481 e. The Hall–Kier alpha value is -1.22. The molecule has 0 saturated carbocycles. The quantitative estimate of drug-likeness (QED) is 0.0669. The lowest BCUT2D eigenvalue weighted by molar-refractivity contribution is -0.184. The number of hydrogen-bond acceptors (Lipinski definition) is 6. The van der Waals surface area contributed by atoms with Crippen molar-refractivity contribution in [1.29, 1.82) is 0 Å². The maximum absolute atomic E-state index is 12.9. The molecule has 1 amide bonds. The summed E-state index contributed by atoms with van der Waals surface area (Å²) in [4.78, 5) is 23.2. The Labute approximate surface area is 282 Å². The Morgan fingerprint density at radius 2 is 1.30 bits per heavy atom. The maximum Gasteiger partial charge on any atom is 0.303 e. The van der Waals surface area contributed by atoms with Gasteiger partial charge in [-0.15, -0.1) is 0 Å². The van der Waals surface area contributed by atoms with Crippen LogP contribution in [-0.4, -0.2) is 70.2 Å². The second kappa shape index (κ2) is 26.7. The lowest BCUT2D eigenvalue weighted by Gasteiger charge is -2.42. The summed E-state index contributed by atoms with van der Waals surface area (Å²) in [5, 5.41) is 35.8. The van der Waals surface area contributed by atoms with Gasteiger partial charge in [0.2, 0.25) is 5.91 Å². The summed E-state index contributed by atoms with van der Waals surface area (Å²) in [5.74, 6) is -0.0114. The van der Waals surface area contributed by atoms with Crippen LogP contribution in [0.15, 0.2) is 0 Å². The van der Waals surface area contributed by atoms with Crippen molar-refractivity contribution >= 4 is 11.9 Å². The van der Waals surface area contributed by atoms with Crippen molar-refractivity contribution < 1.29 is 29.6 Å². The van der Waals surface area contributed by atoms with E-state index in [2.05, 4.69) is 31.4 Å². The Bertz CT molecular complexity index is 765. The lowest BCUT2D eigenvalue weighted by atomic mass is 9.87. The van der Waals surface area contributed by atoms with Crippen LogP contribution in [0, 0.1) is 11.8 Å². The summed E-state index contributed by atoms with van der Waals surface area (Å²) in [5.41, 5.74) is 0. The van der Waals surface area contributed by atoms with Crippen LogP contribution in [0.4, 0.5) is 0 Å². The zero-order valence-electron chi connectivity index (χ0n) is 30.4. The van der Waals surface area contributed by atoms with Gasteiger partial charge in [-0.25, -0.2) is 0 Å². The van der Waals surface area contributed by atoms with E-state index in [1.165, 1.54) is 96.3 Å². The van der Waals surface area contributed by atoms with Crippen LogP contribution in [0.1, 0.15) is 176 Å². The molecule has 0 spiro atoms. The van der Waals surface area contributed by atoms with Crippen molar-refractivity contribution in [2.45, 2.75) is 212 Å². The Kier molecular flexibility index (Phi) is 24.8. The first-order valence-corrected chi connectivity index (χ1v) is 19.4. The number of carbonyl (C=O) groups excluding carboxylic acids is 1. The average Bonchev–Trinajstić information content (AvgIpc) is 3.49. The van der Waals surface area contributed by atoms with Crippen molar-refractivity contribution in [2.24, 2.45) is 11.8 Å². The first kappa shape index (κ1) is 42.8. The maximum atomic E-state index is 12.9. The highest BCUT2D eigenvalue weighted by molar-refractivity contribution is 5.82. The van der Waals surface area contributed by atoms with E-state index in [1.54, 1.807) is 0 Å². The predicted molar refractivity (Wildman–Crippen MR) is 189 cm³/mol. The van der Waals surface area contributed by atoms with Gasteiger partial charge in [0, 0.05) is 12.8 Å². The molecule has 0 aromatic heterocycles. The van der Waals surface area contributed by atoms with E-state index in [0.29, 0.717) is 18.8 Å². The van der Waals surface area contributed by atoms with Crippen LogP contribution in [0.25, 0.3) is 0 Å². The molecular formula is C38H74N2O6. The third-order valence-electron chi connectivity index (χ3n) is 9.83. The molecule has 2 saturated heterocycles. The number of nitrogens with one attached hydrogen (secondary N) is 2. The van der Waals surface area contributed by atoms with E-state index in [1.807, 2.05) is 13.8 Å². The first-order valence-electron chi connectivity index (χ1n) is 19.4. The zero-order chi connectivity index (χ0) is 34.2. The van der Waals surface area contributed by atoms with E-state index < -0.39 is 24.3 Å². The Morgan fingerprint density at radius 1 is 0.761 bits per heavy atom. The van der Waals surface area contributed by atoms with Crippen molar-refractivity contribution in [3.8, 4) is 0 Å². The topological polar surface area (TPSA) is 128 Å². The molecule has 46 heavy (non-hydrogen) atoms. The molecule has 2 aliphatic rings. The minimum absolute atomic E-state index is 0.0143. The van der Waals surface area contributed by atoms with E-state index in [9.17, 15) is 19.8 Å². The summed E-state index contributed by atoms with van der Waals surface area (Å²) in [6.07, 6.45) is 22.8. The molecule has 272 valence electrons. The summed E-state index contributed by atoms with van der Waals surface area (Å²) in [7, 11) is 0. The van der Waals surface area contributed by atoms with Crippen LogP contribution in [0.2, 0.25) is 0 Å². The highest BCUT2D eigenvalue weighted by Gasteiger charge is 2.43. The Morgan fingerprint density at radius 3 is 1.83 bits per heavy atom. The molecule has 0 bridgehead atoms. The fraction of sp³-hybridized carbons (Fsp3) is 0.947. The van der Waals surface area contributed by atoms with Crippen LogP contribution in [0.3, 0.4) is 0 Å². The number of rotatable bonds is 24. The molecule has 0 aromatic carbocycles. The molecule has 2 fully saturated rings. The van der Waals surface area contributed by atoms with Gasteiger partial charge in [0.1, 0.15) is 12.2 Å². The number of carboxylic acids is 1. The first-order chi connectivity index (χ1) is 22.1. The van der Waals surface area contributed by atoms with E-state index in [-0.39, 0.29) is 30.0 Å². The standard InChI is InChI=1S/C22H42N2O4.C16H32O2/c1-5-7-8-10-15-11-17(23-13-15)22(27)24-19(14(3)4)21-20(26)18(25)12-16(28-21)9-6-2;1-2-3-4-5-6-7-8-9-10-11-12-13-14-15-16(17)18/h14-21,23,25-26H,5-13H2,1-4H3,(H,24,27);2-15H2,1H3,(H,17,18). The highest BCUT2D eigenvalue weighted by atomic mass is 16.5. The molecule has 8 heteroatoms. The number of aliphatic carboxylic acids is 1. The molecule has 2 rings (SSSR count). The van der Waals surface area contributed by atoms with Crippen molar-refractivity contribution in [3.05, 3.63) is 0 Å². The number of unbranched alkanes of at least 4 members (excludes halogenated alkanes) is 14. The third kappa shape index (κ3) is 18.9. The highest BCUT2D eigenvalue weighted by Crippen LogP contribution is 2.28. The van der Waals surface area contributed by atoms with E-state index in [0.717, 1.165) is 38.6 Å². The summed E-state index contributed by atoms with van der Waals surface area (Å²) in [6, 6.07) is -0.497. The fourth-order valence-corrected chi connectivity index (χ4v) is 6.89. The minimum Gasteiger partial charge on any atom is -0.481 e. The summed E-state index contributed by atoms with van der Waals surface area (Å²) < 4.78 is 6.14. The van der Waals surface area contributed by atoms with Crippen LogP contribution < -0.4 is 10.6 Å². The molecule has 8 nitrogen and oxygen atoms in total. The summed E-state index contributed by atoms with van der Waals surface area (Å²) in [6.45, 7) is 11.5. The van der Waals surface area contributed by atoms with Crippen molar-refractivity contribution in [3.63, 3.8) is 0 Å². The van der Waals surface area contributed by atoms with Gasteiger partial charge in [0.25, 0.3) is 0 Å². The van der Waals surface area contributed by atoms with Crippen LogP contribution in [0.5, 0.6) is 0 Å². The molecule has 5 N–H and O–H groups in total. The van der Waals surface area contributed by atoms with Gasteiger partial charge in [-0.2, -0.15) is 0 Å². The predicted octanol–water partition coefficient (Wildman–Crippen LogP) is 7.92. The molecular weight excluding hydrogens is 580 g/mol. The van der Waals surface area contributed by atoms with Gasteiger partial charge in [-0.3, -0.25) is 9.59 Å². The normalized spacial score (nSPS) is 25.2. The Balaban J connectivity index is 0.000000510. The molecule has 2 aliphatic heterocycles. The number of carbonyl (C=O) groups is 2. The van der Waals surface area contributed by atoms with Gasteiger partial charge < -0.3 is 30.7 Å².